The maximum absolute atomic E-state index is 13.9. The van der Waals surface area contributed by atoms with Crippen molar-refractivity contribution in [3.8, 4) is 5.69 Å². The number of piperazine rings is 1. The van der Waals surface area contributed by atoms with Gasteiger partial charge in [0.1, 0.15) is 29.6 Å². The molecule has 2 heterocycles. The van der Waals surface area contributed by atoms with E-state index in [1.165, 1.54) is 21.6 Å². The number of amides is 1. The Hall–Kier alpha value is -4.42. The van der Waals surface area contributed by atoms with Crippen molar-refractivity contribution in [2.75, 3.05) is 31.1 Å². The molecule has 1 unspecified atom stereocenters. The molecule has 3 aromatic carbocycles. The summed E-state index contributed by atoms with van der Waals surface area (Å²) in [6.45, 7) is 3.93. The minimum Gasteiger partial charge on any atom is -0.368 e. The molecule has 1 aromatic heterocycles. The first-order chi connectivity index (χ1) is 20.7. The van der Waals surface area contributed by atoms with Crippen LogP contribution in [-0.4, -0.2) is 62.2 Å². The van der Waals surface area contributed by atoms with E-state index in [-0.39, 0.29) is 10.9 Å². The van der Waals surface area contributed by atoms with Crippen LogP contribution in [0.5, 0.6) is 0 Å². The van der Waals surface area contributed by atoms with E-state index >= 15 is 0 Å². The third-order valence-corrected chi connectivity index (χ3v) is 7.89. The molecule has 1 saturated heterocycles. The lowest BCUT2D eigenvalue weighted by Gasteiger charge is -2.37. The first-order valence-electron chi connectivity index (χ1n) is 13.5. The van der Waals surface area contributed by atoms with Crippen molar-refractivity contribution in [1.29, 1.82) is 0 Å². The molecule has 5 rings (SSSR count). The van der Waals surface area contributed by atoms with Crippen LogP contribution in [-0.2, 0) is 0 Å². The van der Waals surface area contributed by atoms with Crippen molar-refractivity contribution in [1.82, 2.24) is 24.6 Å². The number of anilines is 1. The molecular formula is C30H27ClF2N6O3S. The van der Waals surface area contributed by atoms with Gasteiger partial charge in [-0.05, 0) is 79.3 Å². The summed E-state index contributed by atoms with van der Waals surface area (Å²) in [4.78, 5) is 42.6. The third kappa shape index (κ3) is 6.35. The minimum absolute atomic E-state index is 0.0963. The van der Waals surface area contributed by atoms with Crippen LogP contribution < -0.4 is 15.9 Å². The van der Waals surface area contributed by atoms with E-state index in [0.29, 0.717) is 48.9 Å². The summed E-state index contributed by atoms with van der Waals surface area (Å²) in [5, 5.41) is 7.27. The quantitative estimate of drug-likeness (QED) is 0.237. The summed E-state index contributed by atoms with van der Waals surface area (Å²) < 4.78 is 30.5. The van der Waals surface area contributed by atoms with E-state index in [2.05, 4.69) is 15.3 Å². The second kappa shape index (κ2) is 12.8. The second-order valence-corrected chi connectivity index (χ2v) is 10.7. The predicted octanol–water partition coefficient (Wildman–Crippen LogP) is 4.64. The molecule has 222 valence electrons. The number of benzene rings is 3. The Balaban J connectivity index is 1.21. The predicted molar refractivity (Wildman–Crippen MR) is 163 cm³/mol. The standard InChI is InChI=1S/C30H27ClF2N6O3S/c1-2-25(27(40)19-6-8-20(31)9-7-19)39-30(42)38(18-34-39)22-12-10-21(11-13-22)36-14-16-37(17-15-36)29(43)35-28(41)26-23(32)4-3-5-24(26)33/h3-13,18,25H,2,14-17H2,1H3,(H,35,41,43). The number of rotatable bonds is 7. The van der Waals surface area contributed by atoms with Crippen LogP contribution in [0, 0.1) is 11.6 Å². The van der Waals surface area contributed by atoms with E-state index in [1.807, 2.05) is 19.1 Å². The normalized spacial score (nSPS) is 14.0. The maximum atomic E-state index is 13.9. The lowest BCUT2D eigenvalue weighted by molar-refractivity contribution is 0.0910. The zero-order valence-electron chi connectivity index (χ0n) is 23.0. The highest BCUT2D eigenvalue weighted by Crippen LogP contribution is 2.21. The SMILES string of the molecule is CCC(C(=O)c1ccc(Cl)cc1)n1ncn(-c2ccc(N3CCN(C(=S)NC(=O)c4c(F)cccc4F)CC3)cc2)c1=O. The minimum atomic E-state index is -0.959. The van der Waals surface area contributed by atoms with Gasteiger partial charge in [0.05, 0.1) is 5.69 Å². The fourth-order valence-corrected chi connectivity index (χ4v) is 5.33. The molecule has 1 atom stereocenters. The number of nitrogens with zero attached hydrogens (tertiary/aromatic N) is 5. The maximum Gasteiger partial charge on any atom is 0.351 e. The number of nitrogens with one attached hydrogen (secondary N) is 1. The van der Waals surface area contributed by atoms with Crippen molar-refractivity contribution < 1.29 is 18.4 Å². The lowest BCUT2D eigenvalue weighted by Crippen LogP contribution is -2.52. The van der Waals surface area contributed by atoms with Gasteiger partial charge in [-0.2, -0.15) is 5.10 Å². The largest absolute Gasteiger partial charge is 0.368 e. The summed E-state index contributed by atoms with van der Waals surface area (Å²) in [6.07, 6.45) is 1.78. The number of hydrogen-bond acceptors (Lipinski definition) is 6. The second-order valence-electron chi connectivity index (χ2n) is 9.87. The van der Waals surface area contributed by atoms with Crippen molar-refractivity contribution in [2.24, 2.45) is 0 Å². The Labute approximate surface area is 256 Å². The van der Waals surface area contributed by atoms with E-state index in [4.69, 9.17) is 23.8 Å². The van der Waals surface area contributed by atoms with Crippen LogP contribution in [0.4, 0.5) is 14.5 Å². The van der Waals surface area contributed by atoms with Crippen LogP contribution in [0.2, 0.25) is 5.02 Å². The first-order valence-corrected chi connectivity index (χ1v) is 14.3. The molecule has 1 aliphatic heterocycles. The molecule has 13 heteroatoms. The monoisotopic (exact) mass is 624 g/mol. The number of carbonyl (C=O) groups is 2. The van der Waals surface area contributed by atoms with Crippen LogP contribution in [0.3, 0.4) is 0 Å². The highest BCUT2D eigenvalue weighted by atomic mass is 35.5. The van der Waals surface area contributed by atoms with E-state index < -0.39 is 34.8 Å². The fourth-order valence-electron chi connectivity index (χ4n) is 4.93. The summed E-state index contributed by atoms with van der Waals surface area (Å²) in [7, 11) is 0. The van der Waals surface area contributed by atoms with Gasteiger partial charge in [-0.1, -0.05) is 24.6 Å². The zero-order chi connectivity index (χ0) is 30.7. The third-order valence-electron chi connectivity index (χ3n) is 7.28. The fraction of sp³-hybridized carbons (Fsp3) is 0.233. The number of aromatic nitrogens is 3. The molecule has 0 spiro atoms. The van der Waals surface area contributed by atoms with Gasteiger partial charge in [-0.25, -0.2) is 22.8 Å². The molecule has 4 aromatic rings. The van der Waals surface area contributed by atoms with E-state index in [0.717, 1.165) is 17.8 Å². The summed E-state index contributed by atoms with van der Waals surface area (Å²) >= 11 is 11.3. The lowest BCUT2D eigenvalue weighted by atomic mass is 10.0. The highest BCUT2D eigenvalue weighted by molar-refractivity contribution is 7.80. The van der Waals surface area contributed by atoms with Crippen LogP contribution in [0.1, 0.15) is 40.1 Å². The molecule has 0 aliphatic carbocycles. The first kappa shape index (κ1) is 30.1. The van der Waals surface area contributed by atoms with Gasteiger partial charge in [-0.15, -0.1) is 0 Å². The molecule has 0 saturated carbocycles. The van der Waals surface area contributed by atoms with Crippen LogP contribution in [0.25, 0.3) is 5.69 Å². The smallest absolute Gasteiger partial charge is 0.351 e. The zero-order valence-corrected chi connectivity index (χ0v) is 24.6. The Morgan fingerprint density at radius 1 is 0.953 bits per heavy atom. The van der Waals surface area contributed by atoms with Crippen molar-refractivity contribution >= 4 is 46.3 Å². The summed E-state index contributed by atoms with van der Waals surface area (Å²) in [6, 6.07) is 16.3. The van der Waals surface area contributed by atoms with Gasteiger partial charge in [-0.3, -0.25) is 14.9 Å². The average Bonchev–Trinajstić information content (AvgIpc) is 3.38. The molecule has 0 radical (unpaired) electrons. The van der Waals surface area contributed by atoms with Crippen LogP contribution in [0.15, 0.2) is 77.9 Å². The Bertz CT molecular complexity index is 1700. The van der Waals surface area contributed by atoms with Gasteiger partial charge in [0.2, 0.25) is 0 Å². The number of halogens is 3. The Morgan fingerprint density at radius 3 is 2.16 bits per heavy atom. The van der Waals surface area contributed by atoms with Gasteiger partial charge in [0.25, 0.3) is 5.91 Å². The van der Waals surface area contributed by atoms with Crippen molar-refractivity contribution in [3.05, 3.63) is 111 Å². The molecule has 1 amide bonds. The number of Topliss-reactive ketones (excluding diaryl/α,β-unsaturated/α-hetero) is 1. The molecule has 1 fully saturated rings. The number of carbonyl (C=O) groups excluding carboxylic acids is 2. The van der Waals surface area contributed by atoms with Gasteiger partial charge >= 0.3 is 5.69 Å². The molecule has 0 bridgehead atoms. The Morgan fingerprint density at radius 2 is 1.56 bits per heavy atom. The molecule has 1 N–H and O–H groups in total. The van der Waals surface area contributed by atoms with Crippen LogP contribution >= 0.6 is 23.8 Å². The Kier molecular flexibility index (Phi) is 8.97. The summed E-state index contributed by atoms with van der Waals surface area (Å²) in [5.41, 5.74) is 0.852. The number of ketones is 1. The highest BCUT2D eigenvalue weighted by Gasteiger charge is 2.25. The molecule has 9 nitrogen and oxygen atoms in total. The number of hydrogen-bond donors (Lipinski definition) is 1. The van der Waals surface area contributed by atoms with Gasteiger partial charge in [0.15, 0.2) is 10.9 Å². The van der Waals surface area contributed by atoms with Crippen molar-refractivity contribution in [2.45, 2.75) is 19.4 Å². The van der Waals surface area contributed by atoms with E-state index in [9.17, 15) is 23.2 Å². The average molecular weight is 625 g/mol. The van der Waals surface area contributed by atoms with Gasteiger partial charge in [0, 0.05) is 42.5 Å². The topological polar surface area (TPSA) is 92.5 Å². The molecule has 1 aliphatic rings. The van der Waals surface area contributed by atoms with Crippen molar-refractivity contribution in [3.63, 3.8) is 0 Å². The van der Waals surface area contributed by atoms with Gasteiger partial charge < -0.3 is 9.80 Å². The summed E-state index contributed by atoms with van der Waals surface area (Å²) in [5.74, 6) is -3.07. The molecular weight excluding hydrogens is 598 g/mol. The molecule has 43 heavy (non-hydrogen) atoms. The number of thiocarbonyl (C=S) groups is 1. The van der Waals surface area contributed by atoms with E-state index in [1.54, 1.807) is 41.3 Å².